The lowest BCUT2D eigenvalue weighted by Gasteiger charge is -2.27. The monoisotopic (exact) mass is 456 g/mol. The summed E-state index contributed by atoms with van der Waals surface area (Å²) >= 11 is 0. The molecule has 0 unspecified atom stereocenters. The van der Waals surface area contributed by atoms with Crippen LogP contribution >= 0.6 is 0 Å². The van der Waals surface area contributed by atoms with Crippen molar-refractivity contribution in [3.05, 3.63) is 95.8 Å². The summed E-state index contributed by atoms with van der Waals surface area (Å²) in [5.41, 5.74) is 1.83. The van der Waals surface area contributed by atoms with Crippen molar-refractivity contribution in [2.24, 2.45) is 0 Å². The largest absolute Gasteiger partial charge is 0.379 e. The summed E-state index contributed by atoms with van der Waals surface area (Å²) in [5.74, 6) is -0.404. The Bertz CT molecular complexity index is 1130. The van der Waals surface area contributed by atoms with Crippen molar-refractivity contribution in [2.75, 3.05) is 0 Å². The summed E-state index contributed by atoms with van der Waals surface area (Å²) in [4.78, 5) is 14.2. The van der Waals surface area contributed by atoms with Gasteiger partial charge in [0.15, 0.2) is 0 Å². The number of amides is 2. The molecular formula is C24H25FN2O4S. The van der Waals surface area contributed by atoms with Crippen LogP contribution in [0, 0.1) is 5.82 Å². The molecule has 0 heterocycles. The molecule has 8 heteroatoms. The first-order valence-corrected chi connectivity index (χ1v) is 11.5. The van der Waals surface area contributed by atoms with Gasteiger partial charge in [-0.2, -0.15) is 8.42 Å². The summed E-state index contributed by atoms with van der Waals surface area (Å²) in [7, 11) is -4.07. The SMILES string of the molecule is CC(C)N(Cc1ccc(OS(=O)(=O)c2ccc(F)cc2)cc1)C(=O)NCc1ccccc1. The van der Waals surface area contributed by atoms with Gasteiger partial charge in [0.05, 0.1) is 0 Å². The molecule has 0 aliphatic carbocycles. The van der Waals surface area contributed by atoms with Crippen LogP contribution in [-0.2, 0) is 23.2 Å². The zero-order valence-electron chi connectivity index (χ0n) is 17.9. The molecule has 0 bridgehead atoms. The summed E-state index contributed by atoms with van der Waals surface area (Å²) < 4.78 is 42.8. The van der Waals surface area contributed by atoms with E-state index in [-0.39, 0.29) is 22.7 Å². The van der Waals surface area contributed by atoms with Crippen LogP contribution < -0.4 is 9.50 Å². The van der Waals surface area contributed by atoms with Gasteiger partial charge >= 0.3 is 16.1 Å². The summed E-state index contributed by atoms with van der Waals surface area (Å²) in [5, 5.41) is 2.92. The molecule has 6 nitrogen and oxygen atoms in total. The van der Waals surface area contributed by atoms with Gasteiger partial charge in [-0.25, -0.2) is 9.18 Å². The molecule has 0 fully saturated rings. The third kappa shape index (κ3) is 6.31. The van der Waals surface area contributed by atoms with E-state index in [9.17, 15) is 17.6 Å². The second-order valence-electron chi connectivity index (χ2n) is 7.50. The Labute approximate surface area is 187 Å². The zero-order chi connectivity index (χ0) is 23.1. The van der Waals surface area contributed by atoms with Crippen molar-refractivity contribution in [2.45, 2.75) is 37.9 Å². The highest BCUT2D eigenvalue weighted by molar-refractivity contribution is 7.87. The lowest BCUT2D eigenvalue weighted by Crippen LogP contribution is -2.43. The number of nitrogens with one attached hydrogen (secondary N) is 1. The Balaban J connectivity index is 1.63. The van der Waals surface area contributed by atoms with Crippen LogP contribution in [0.25, 0.3) is 0 Å². The van der Waals surface area contributed by atoms with E-state index in [1.807, 2.05) is 44.2 Å². The van der Waals surface area contributed by atoms with Crippen molar-refractivity contribution < 1.29 is 21.8 Å². The number of nitrogens with zero attached hydrogens (tertiary/aromatic N) is 1. The fraction of sp³-hybridized carbons (Fsp3) is 0.208. The van der Waals surface area contributed by atoms with Gasteiger partial charge in [-0.15, -0.1) is 0 Å². The standard InChI is InChI=1S/C24H25FN2O4S/c1-18(2)27(24(28)26-16-19-6-4-3-5-7-19)17-20-8-12-22(13-9-20)31-32(29,30)23-14-10-21(25)11-15-23/h3-15,18H,16-17H2,1-2H3,(H,26,28). The van der Waals surface area contributed by atoms with Gasteiger partial charge in [-0.05, 0) is 61.4 Å². The van der Waals surface area contributed by atoms with Crippen LogP contribution in [0.1, 0.15) is 25.0 Å². The maximum Gasteiger partial charge on any atom is 0.339 e. The molecule has 0 spiro atoms. The molecule has 3 aromatic carbocycles. The van der Waals surface area contributed by atoms with Crippen molar-refractivity contribution in [1.82, 2.24) is 10.2 Å². The maximum absolute atomic E-state index is 13.0. The van der Waals surface area contributed by atoms with Crippen LogP contribution in [-0.4, -0.2) is 25.4 Å². The molecule has 3 rings (SSSR count). The second kappa shape index (κ2) is 10.3. The van der Waals surface area contributed by atoms with Crippen molar-refractivity contribution in [3.8, 4) is 5.75 Å². The van der Waals surface area contributed by atoms with Crippen LogP contribution in [0.4, 0.5) is 9.18 Å². The molecule has 0 saturated heterocycles. The molecule has 0 aliphatic heterocycles. The molecule has 3 aromatic rings. The van der Waals surface area contributed by atoms with E-state index in [1.54, 1.807) is 17.0 Å². The molecule has 0 atom stereocenters. The van der Waals surface area contributed by atoms with Crippen molar-refractivity contribution in [3.63, 3.8) is 0 Å². The molecule has 1 N–H and O–H groups in total. The average Bonchev–Trinajstić information content (AvgIpc) is 2.77. The third-order valence-corrected chi connectivity index (χ3v) is 6.02. The molecule has 0 saturated carbocycles. The van der Waals surface area contributed by atoms with Crippen LogP contribution in [0.2, 0.25) is 0 Å². The molecule has 0 aliphatic rings. The lowest BCUT2D eigenvalue weighted by atomic mass is 10.2. The first kappa shape index (κ1) is 23.3. The highest BCUT2D eigenvalue weighted by Gasteiger charge is 2.19. The Morgan fingerprint density at radius 2 is 1.56 bits per heavy atom. The first-order chi connectivity index (χ1) is 15.2. The predicted molar refractivity (Wildman–Crippen MR) is 120 cm³/mol. The van der Waals surface area contributed by atoms with Gasteiger partial charge in [0.2, 0.25) is 0 Å². The molecule has 0 aromatic heterocycles. The van der Waals surface area contributed by atoms with E-state index >= 15 is 0 Å². The van der Waals surface area contributed by atoms with E-state index in [2.05, 4.69) is 5.32 Å². The fourth-order valence-corrected chi connectivity index (χ4v) is 3.92. The molecule has 168 valence electrons. The zero-order valence-corrected chi connectivity index (χ0v) is 18.7. The van der Waals surface area contributed by atoms with Gasteiger partial charge in [0.1, 0.15) is 16.5 Å². The van der Waals surface area contributed by atoms with E-state index in [0.29, 0.717) is 13.1 Å². The number of carbonyl (C=O) groups excluding carboxylic acids is 1. The van der Waals surface area contributed by atoms with E-state index < -0.39 is 15.9 Å². The predicted octanol–water partition coefficient (Wildman–Crippen LogP) is 4.71. The number of urea groups is 1. The van der Waals surface area contributed by atoms with Gasteiger partial charge < -0.3 is 14.4 Å². The van der Waals surface area contributed by atoms with E-state index in [0.717, 1.165) is 35.4 Å². The smallest absolute Gasteiger partial charge is 0.339 e. The van der Waals surface area contributed by atoms with Gasteiger partial charge in [-0.3, -0.25) is 0 Å². The van der Waals surface area contributed by atoms with Crippen LogP contribution in [0.5, 0.6) is 5.75 Å². The summed E-state index contributed by atoms with van der Waals surface area (Å²) in [6.07, 6.45) is 0. The Hall–Kier alpha value is -3.39. The number of rotatable bonds is 8. The fourth-order valence-electron chi connectivity index (χ4n) is 2.99. The molecular weight excluding hydrogens is 431 g/mol. The highest BCUT2D eigenvalue weighted by Crippen LogP contribution is 2.20. The molecule has 2 amide bonds. The minimum atomic E-state index is -4.07. The van der Waals surface area contributed by atoms with Crippen molar-refractivity contribution >= 4 is 16.1 Å². The van der Waals surface area contributed by atoms with Crippen LogP contribution in [0.3, 0.4) is 0 Å². The van der Waals surface area contributed by atoms with Gasteiger partial charge in [0, 0.05) is 19.1 Å². The minimum Gasteiger partial charge on any atom is -0.379 e. The minimum absolute atomic E-state index is 0.0412. The first-order valence-electron chi connectivity index (χ1n) is 10.1. The van der Waals surface area contributed by atoms with E-state index in [1.165, 1.54) is 12.1 Å². The van der Waals surface area contributed by atoms with Crippen LogP contribution in [0.15, 0.2) is 83.8 Å². The van der Waals surface area contributed by atoms with Gasteiger partial charge in [-0.1, -0.05) is 42.5 Å². The Morgan fingerprint density at radius 1 is 0.938 bits per heavy atom. The van der Waals surface area contributed by atoms with Crippen molar-refractivity contribution in [1.29, 1.82) is 0 Å². The second-order valence-corrected chi connectivity index (χ2v) is 9.05. The molecule has 32 heavy (non-hydrogen) atoms. The number of hydrogen-bond acceptors (Lipinski definition) is 4. The summed E-state index contributed by atoms with van der Waals surface area (Å²) in [6.45, 7) is 4.63. The number of carbonyl (C=O) groups is 1. The lowest BCUT2D eigenvalue weighted by molar-refractivity contribution is 0.179. The highest BCUT2D eigenvalue weighted by atomic mass is 32.2. The maximum atomic E-state index is 13.0. The van der Waals surface area contributed by atoms with E-state index in [4.69, 9.17) is 4.18 Å². The average molecular weight is 457 g/mol. The Morgan fingerprint density at radius 3 is 2.16 bits per heavy atom. The number of hydrogen-bond donors (Lipinski definition) is 1. The molecule has 0 radical (unpaired) electrons. The third-order valence-electron chi connectivity index (χ3n) is 4.76. The summed E-state index contributed by atoms with van der Waals surface area (Å²) in [6, 6.07) is 20.3. The number of benzene rings is 3. The van der Waals surface area contributed by atoms with Gasteiger partial charge in [0.25, 0.3) is 0 Å². The number of halogens is 1. The Kier molecular flexibility index (Phi) is 7.48. The topological polar surface area (TPSA) is 75.7 Å². The quantitative estimate of drug-likeness (QED) is 0.498. The normalized spacial score (nSPS) is 11.2.